The van der Waals surface area contributed by atoms with Gasteiger partial charge in [0, 0.05) is 29.9 Å². The molecule has 0 aliphatic heterocycles. The van der Waals surface area contributed by atoms with Crippen LogP contribution in [0.3, 0.4) is 0 Å². The minimum absolute atomic E-state index is 0.0262. The first-order valence-corrected chi connectivity index (χ1v) is 11.6. The second kappa shape index (κ2) is 9.58. The Bertz CT molecular complexity index is 1030. The van der Waals surface area contributed by atoms with Crippen molar-refractivity contribution in [2.75, 3.05) is 17.2 Å². The number of nitrogens with two attached hydrogens (primary N) is 2. The van der Waals surface area contributed by atoms with Gasteiger partial charge in [-0.05, 0) is 59.2 Å². The molecule has 1 amide bonds. The average molecular weight is 428 g/mol. The summed E-state index contributed by atoms with van der Waals surface area (Å²) < 4.78 is 0. The van der Waals surface area contributed by atoms with Crippen molar-refractivity contribution in [2.24, 2.45) is 17.6 Å². The van der Waals surface area contributed by atoms with Crippen LogP contribution in [0, 0.1) is 11.8 Å². The molecule has 0 radical (unpaired) electrons. The van der Waals surface area contributed by atoms with Crippen molar-refractivity contribution in [2.45, 2.75) is 38.6 Å². The Morgan fingerprint density at radius 3 is 2.16 bits per heavy atom. The van der Waals surface area contributed by atoms with Crippen molar-refractivity contribution in [1.29, 1.82) is 0 Å². The van der Waals surface area contributed by atoms with Gasteiger partial charge in [-0.25, -0.2) is 0 Å². The fourth-order valence-electron chi connectivity index (χ4n) is 4.26. The number of carbonyl (C=O) groups is 1. The number of carbonyl (C=O) groups excluding carboxylic acids is 1. The highest BCUT2D eigenvalue weighted by Crippen LogP contribution is 2.49. The lowest BCUT2D eigenvalue weighted by atomic mass is 9.98. The lowest BCUT2D eigenvalue weighted by molar-refractivity contribution is -0.120. The SMILES string of the molecule is CC[C@H](C)[C@H](N)CN(C(=O)[C@@H]1C[C@H]1c1ccccc1)c1ccc(-c2ccc(N)cc2)cc1. The van der Waals surface area contributed by atoms with Crippen LogP contribution in [0.15, 0.2) is 78.9 Å². The first-order valence-electron chi connectivity index (χ1n) is 11.6. The summed E-state index contributed by atoms with van der Waals surface area (Å²) in [7, 11) is 0. The van der Waals surface area contributed by atoms with Gasteiger partial charge in [-0.15, -0.1) is 0 Å². The van der Waals surface area contributed by atoms with E-state index in [9.17, 15) is 4.79 Å². The molecule has 0 unspecified atom stereocenters. The molecule has 3 aromatic carbocycles. The van der Waals surface area contributed by atoms with Crippen molar-refractivity contribution in [3.05, 3.63) is 84.4 Å². The molecule has 0 heterocycles. The minimum Gasteiger partial charge on any atom is -0.399 e. The maximum Gasteiger partial charge on any atom is 0.230 e. The zero-order valence-electron chi connectivity index (χ0n) is 18.9. The predicted octanol–water partition coefficient (Wildman–Crippen LogP) is 5.45. The molecule has 0 saturated heterocycles. The van der Waals surface area contributed by atoms with Crippen molar-refractivity contribution < 1.29 is 4.79 Å². The Balaban J connectivity index is 1.56. The summed E-state index contributed by atoms with van der Waals surface area (Å²) >= 11 is 0. The monoisotopic (exact) mass is 427 g/mol. The Kier molecular flexibility index (Phi) is 6.61. The number of rotatable bonds is 8. The highest BCUT2D eigenvalue weighted by molar-refractivity contribution is 5.97. The molecule has 166 valence electrons. The summed E-state index contributed by atoms with van der Waals surface area (Å²) in [5, 5.41) is 0. The molecule has 1 aliphatic rings. The van der Waals surface area contributed by atoms with Crippen LogP contribution in [0.5, 0.6) is 0 Å². The molecule has 32 heavy (non-hydrogen) atoms. The summed E-state index contributed by atoms with van der Waals surface area (Å²) in [4.78, 5) is 15.5. The van der Waals surface area contributed by atoms with E-state index in [1.807, 2.05) is 59.5 Å². The quantitative estimate of drug-likeness (QED) is 0.470. The second-order valence-corrected chi connectivity index (χ2v) is 9.03. The maximum absolute atomic E-state index is 13.6. The molecule has 4 heteroatoms. The number of hydrogen-bond acceptors (Lipinski definition) is 3. The smallest absolute Gasteiger partial charge is 0.230 e. The molecule has 0 bridgehead atoms. The molecule has 4 N–H and O–H groups in total. The summed E-state index contributed by atoms with van der Waals surface area (Å²) in [5.41, 5.74) is 17.4. The van der Waals surface area contributed by atoms with Crippen molar-refractivity contribution >= 4 is 17.3 Å². The van der Waals surface area contributed by atoms with Crippen LogP contribution in [-0.2, 0) is 4.79 Å². The zero-order chi connectivity index (χ0) is 22.7. The predicted molar refractivity (Wildman–Crippen MR) is 133 cm³/mol. The van der Waals surface area contributed by atoms with E-state index in [2.05, 4.69) is 38.1 Å². The number of anilines is 2. The molecule has 1 fully saturated rings. The van der Waals surface area contributed by atoms with Gasteiger partial charge in [-0.3, -0.25) is 4.79 Å². The van der Waals surface area contributed by atoms with Crippen LogP contribution >= 0.6 is 0 Å². The first-order chi connectivity index (χ1) is 15.5. The van der Waals surface area contributed by atoms with Gasteiger partial charge in [0.1, 0.15) is 0 Å². The Labute approximate surface area is 191 Å². The van der Waals surface area contributed by atoms with Gasteiger partial charge in [0.2, 0.25) is 5.91 Å². The Hall–Kier alpha value is -3.11. The van der Waals surface area contributed by atoms with Gasteiger partial charge < -0.3 is 16.4 Å². The Morgan fingerprint density at radius 2 is 1.56 bits per heavy atom. The number of benzene rings is 3. The van der Waals surface area contributed by atoms with E-state index in [1.165, 1.54) is 5.56 Å². The highest BCUT2D eigenvalue weighted by atomic mass is 16.2. The van der Waals surface area contributed by atoms with E-state index in [0.29, 0.717) is 18.4 Å². The van der Waals surface area contributed by atoms with Crippen molar-refractivity contribution in [3.63, 3.8) is 0 Å². The fourth-order valence-corrected chi connectivity index (χ4v) is 4.26. The second-order valence-electron chi connectivity index (χ2n) is 9.03. The largest absolute Gasteiger partial charge is 0.399 e. The van der Waals surface area contributed by atoms with E-state index in [1.54, 1.807) is 0 Å². The van der Waals surface area contributed by atoms with Gasteiger partial charge >= 0.3 is 0 Å². The van der Waals surface area contributed by atoms with E-state index in [-0.39, 0.29) is 17.9 Å². The van der Waals surface area contributed by atoms with E-state index in [0.717, 1.165) is 35.3 Å². The van der Waals surface area contributed by atoms with Gasteiger partial charge in [0.15, 0.2) is 0 Å². The third kappa shape index (κ3) is 4.86. The fraction of sp³-hybridized carbons (Fsp3) is 0.321. The lowest BCUT2D eigenvalue weighted by Gasteiger charge is -2.29. The molecule has 4 nitrogen and oxygen atoms in total. The van der Waals surface area contributed by atoms with Gasteiger partial charge in [0.25, 0.3) is 0 Å². The van der Waals surface area contributed by atoms with Gasteiger partial charge in [-0.2, -0.15) is 0 Å². The molecule has 4 rings (SSSR count). The minimum atomic E-state index is -0.0605. The van der Waals surface area contributed by atoms with Crippen molar-refractivity contribution in [3.8, 4) is 11.1 Å². The topological polar surface area (TPSA) is 72.3 Å². The lowest BCUT2D eigenvalue weighted by Crippen LogP contribution is -2.45. The van der Waals surface area contributed by atoms with E-state index >= 15 is 0 Å². The Morgan fingerprint density at radius 1 is 0.969 bits per heavy atom. The molecule has 3 aromatic rings. The van der Waals surface area contributed by atoms with Crippen LogP contribution in [0.2, 0.25) is 0 Å². The summed E-state index contributed by atoms with van der Waals surface area (Å²) in [6.07, 6.45) is 1.90. The van der Waals surface area contributed by atoms with E-state index < -0.39 is 0 Å². The maximum atomic E-state index is 13.6. The zero-order valence-corrected chi connectivity index (χ0v) is 18.9. The number of nitrogens with zero attached hydrogens (tertiary/aromatic N) is 1. The third-order valence-electron chi connectivity index (χ3n) is 6.79. The first kappa shape index (κ1) is 22.1. The molecular formula is C28H33N3O. The van der Waals surface area contributed by atoms with Crippen molar-refractivity contribution in [1.82, 2.24) is 0 Å². The summed E-state index contributed by atoms with van der Waals surface area (Å²) in [6, 6.07) is 26.3. The van der Waals surface area contributed by atoms with E-state index in [4.69, 9.17) is 11.5 Å². The number of amides is 1. The number of nitrogen functional groups attached to an aromatic ring is 1. The normalized spacial score (nSPS) is 19.2. The van der Waals surface area contributed by atoms with Crippen LogP contribution in [0.25, 0.3) is 11.1 Å². The summed E-state index contributed by atoms with van der Waals surface area (Å²) in [5.74, 6) is 0.861. The molecule has 1 saturated carbocycles. The molecule has 4 atom stereocenters. The van der Waals surface area contributed by atoms with Gasteiger partial charge in [0.05, 0.1) is 0 Å². The highest BCUT2D eigenvalue weighted by Gasteiger charge is 2.46. The third-order valence-corrected chi connectivity index (χ3v) is 6.79. The molecule has 0 spiro atoms. The molecular weight excluding hydrogens is 394 g/mol. The number of hydrogen-bond donors (Lipinski definition) is 2. The standard InChI is InChI=1S/C28H33N3O/c1-3-19(2)27(30)18-31(28(32)26-17-25(26)22-7-5-4-6-8-22)24-15-11-21(12-16-24)20-9-13-23(29)14-10-20/h4-16,19,25-27H,3,17-18,29-30H2,1-2H3/t19-,25-,26+,27+/m0/s1. The summed E-state index contributed by atoms with van der Waals surface area (Å²) in [6.45, 7) is 4.83. The van der Waals surface area contributed by atoms with Gasteiger partial charge in [-0.1, -0.05) is 74.9 Å². The average Bonchev–Trinajstić information content (AvgIpc) is 3.64. The van der Waals surface area contributed by atoms with Crippen LogP contribution in [-0.4, -0.2) is 18.5 Å². The molecule has 0 aromatic heterocycles. The van der Waals surface area contributed by atoms with Crippen LogP contribution < -0.4 is 16.4 Å². The van der Waals surface area contributed by atoms with Crippen LogP contribution in [0.1, 0.15) is 38.2 Å². The van der Waals surface area contributed by atoms with Crippen LogP contribution in [0.4, 0.5) is 11.4 Å². The molecule has 1 aliphatic carbocycles.